The third-order valence-corrected chi connectivity index (χ3v) is 5.48. The fraction of sp³-hybridized carbons (Fsp3) is 0.867. The molecule has 1 unspecified atom stereocenters. The summed E-state index contributed by atoms with van der Waals surface area (Å²) in [6, 6.07) is 0. The Labute approximate surface area is 121 Å². The Morgan fingerprint density at radius 1 is 1.26 bits per heavy atom. The minimum Gasteiger partial charge on any atom is -0.392 e. The van der Waals surface area contributed by atoms with E-state index in [1.165, 1.54) is 19.3 Å². The molecular weight excluding hydrogens is 256 g/mol. The second kappa shape index (κ2) is 5.39. The molecule has 0 aromatic heterocycles. The van der Waals surface area contributed by atoms with Crippen LogP contribution in [0.2, 0.25) is 0 Å². The van der Waals surface area contributed by atoms with Gasteiger partial charge in [0.25, 0.3) is 0 Å². The van der Waals surface area contributed by atoms with Gasteiger partial charge < -0.3 is 11.1 Å². The van der Waals surface area contributed by atoms with Gasteiger partial charge in [-0.15, -0.1) is 0 Å². The third kappa shape index (κ3) is 3.10. The van der Waals surface area contributed by atoms with E-state index in [-0.39, 0.29) is 5.91 Å². The van der Waals surface area contributed by atoms with Gasteiger partial charge in [-0.25, -0.2) is 0 Å². The molecule has 0 aromatic carbocycles. The lowest BCUT2D eigenvalue weighted by Gasteiger charge is -2.30. The Bertz CT molecular complexity index is 370. The summed E-state index contributed by atoms with van der Waals surface area (Å²) in [5.74, 6) is 0.690. The summed E-state index contributed by atoms with van der Waals surface area (Å²) in [6.07, 6.45) is 7.33. The number of thiocarbonyl (C=S) groups is 1. The Balaban J connectivity index is 1.98. The van der Waals surface area contributed by atoms with E-state index in [1.807, 2.05) is 0 Å². The van der Waals surface area contributed by atoms with E-state index in [1.54, 1.807) is 0 Å². The zero-order chi connectivity index (χ0) is 14.1. The lowest BCUT2D eigenvalue weighted by atomic mass is 9.79. The maximum absolute atomic E-state index is 12.6. The van der Waals surface area contributed by atoms with E-state index < -0.39 is 5.41 Å². The van der Waals surface area contributed by atoms with E-state index in [4.69, 9.17) is 18.0 Å². The summed E-state index contributed by atoms with van der Waals surface area (Å²) < 4.78 is 0. The molecule has 2 rings (SSSR count). The summed E-state index contributed by atoms with van der Waals surface area (Å²) in [4.78, 5) is 13.0. The smallest absolute Gasteiger partial charge is 0.233 e. The summed E-state index contributed by atoms with van der Waals surface area (Å²) in [5.41, 5.74) is 5.74. The van der Waals surface area contributed by atoms with E-state index in [9.17, 15) is 4.79 Å². The molecule has 0 saturated heterocycles. The first kappa shape index (κ1) is 14.8. The molecule has 0 aromatic rings. The van der Waals surface area contributed by atoms with Crippen LogP contribution in [0.25, 0.3) is 0 Å². The molecule has 0 radical (unpaired) electrons. The van der Waals surface area contributed by atoms with Crippen molar-refractivity contribution in [1.82, 2.24) is 5.32 Å². The van der Waals surface area contributed by atoms with Gasteiger partial charge in [0.05, 0.1) is 10.4 Å². The van der Waals surface area contributed by atoms with Crippen LogP contribution in [0.4, 0.5) is 0 Å². The molecule has 2 fully saturated rings. The fourth-order valence-electron chi connectivity index (χ4n) is 3.23. The molecular formula is C15H26N2OS. The van der Waals surface area contributed by atoms with Gasteiger partial charge in [-0.3, -0.25) is 4.79 Å². The largest absolute Gasteiger partial charge is 0.392 e. The summed E-state index contributed by atoms with van der Waals surface area (Å²) in [6.45, 7) is 5.27. The van der Waals surface area contributed by atoms with Crippen molar-refractivity contribution < 1.29 is 4.79 Å². The number of carbonyl (C=O) groups excluding carboxylic acids is 1. The van der Waals surface area contributed by atoms with Gasteiger partial charge in [0.2, 0.25) is 5.91 Å². The first-order chi connectivity index (χ1) is 8.88. The maximum Gasteiger partial charge on any atom is 0.233 e. The molecule has 0 heterocycles. The molecule has 3 N–H and O–H groups in total. The molecule has 19 heavy (non-hydrogen) atoms. The number of nitrogens with one attached hydrogen (secondary N) is 1. The van der Waals surface area contributed by atoms with Crippen molar-refractivity contribution >= 4 is 23.1 Å². The van der Waals surface area contributed by atoms with Crippen molar-refractivity contribution in [2.24, 2.45) is 22.5 Å². The predicted octanol–water partition coefficient (Wildman–Crippen LogP) is 2.78. The van der Waals surface area contributed by atoms with Crippen molar-refractivity contribution in [2.45, 2.75) is 58.8 Å². The zero-order valence-corrected chi connectivity index (χ0v) is 12.9. The van der Waals surface area contributed by atoms with Gasteiger partial charge >= 0.3 is 0 Å². The van der Waals surface area contributed by atoms with Crippen molar-refractivity contribution in [1.29, 1.82) is 0 Å². The van der Waals surface area contributed by atoms with E-state index in [2.05, 4.69) is 19.2 Å². The quantitative estimate of drug-likeness (QED) is 0.616. The highest BCUT2D eigenvalue weighted by Gasteiger charge is 2.47. The van der Waals surface area contributed by atoms with Gasteiger partial charge in [0, 0.05) is 6.54 Å². The van der Waals surface area contributed by atoms with Gasteiger partial charge in [0.15, 0.2) is 0 Å². The topological polar surface area (TPSA) is 55.1 Å². The molecule has 108 valence electrons. The number of amides is 1. The lowest BCUT2D eigenvalue weighted by molar-refractivity contribution is -0.128. The van der Waals surface area contributed by atoms with Crippen LogP contribution in [0, 0.1) is 16.7 Å². The van der Waals surface area contributed by atoms with Gasteiger partial charge in [-0.1, -0.05) is 51.7 Å². The van der Waals surface area contributed by atoms with Crippen molar-refractivity contribution in [2.75, 3.05) is 6.54 Å². The molecule has 2 aliphatic carbocycles. The SMILES string of the molecule is CC1(C)CC1CNC(=O)C1(C(N)=S)CCCCCC1. The van der Waals surface area contributed by atoms with E-state index in [0.717, 1.165) is 32.2 Å². The second-order valence-electron chi connectivity index (χ2n) is 6.96. The molecule has 0 aliphatic heterocycles. The Kier molecular flexibility index (Phi) is 4.19. The van der Waals surface area contributed by atoms with Gasteiger partial charge in [0.1, 0.15) is 0 Å². The molecule has 1 amide bonds. The second-order valence-corrected chi connectivity index (χ2v) is 7.40. The first-order valence-electron chi connectivity index (χ1n) is 7.47. The summed E-state index contributed by atoms with van der Waals surface area (Å²) >= 11 is 5.22. The third-order valence-electron chi connectivity index (χ3n) is 5.09. The van der Waals surface area contributed by atoms with Crippen LogP contribution >= 0.6 is 12.2 Å². The lowest BCUT2D eigenvalue weighted by Crippen LogP contribution is -2.49. The first-order valence-corrected chi connectivity index (χ1v) is 7.87. The minimum atomic E-state index is -0.579. The van der Waals surface area contributed by atoms with Crippen LogP contribution in [0.15, 0.2) is 0 Å². The van der Waals surface area contributed by atoms with E-state index in [0.29, 0.717) is 16.3 Å². The van der Waals surface area contributed by atoms with Crippen LogP contribution < -0.4 is 11.1 Å². The maximum atomic E-state index is 12.6. The van der Waals surface area contributed by atoms with E-state index >= 15 is 0 Å². The van der Waals surface area contributed by atoms with Crippen molar-refractivity contribution in [3.63, 3.8) is 0 Å². The van der Waals surface area contributed by atoms with Crippen LogP contribution in [-0.4, -0.2) is 17.4 Å². The van der Waals surface area contributed by atoms with Crippen molar-refractivity contribution in [3.05, 3.63) is 0 Å². The van der Waals surface area contributed by atoms with Gasteiger partial charge in [-0.2, -0.15) is 0 Å². The number of rotatable bonds is 4. The number of nitrogens with two attached hydrogens (primary N) is 1. The standard InChI is InChI=1S/C15H26N2OS/c1-14(2)9-11(14)10-17-13(18)15(12(16)19)7-5-3-4-6-8-15/h11H,3-10H2,1-2H3,(H2,16,19)(H,17,18). The van der Waals surface area contributed by atoms with Crippen LogP contribution in [0.1, 0.15) is 58.8 Å². The van der Waals surface area contributed by atoms with Gasteiger partial charge in [-0.05, 0) is 30.6 Å². The molecule has 0 bridgehead atoms. The fourth-order valence-corrected chi connectivity index (χ4v) is 3.52. The Hall–Kier alpha value is -0.640. The van der Waals surface area contributed by atoms with Crippen LogP contribution in [0.5, 0.6) is 0 Å². The summed E-state index contributed by atoms with van der Waals surface area (Å²) in [5, 5.41) is 3.11. The van der Waals surface area contributed by atoms with Crippen LogP contribution in [0.3, 0.4) is 0 Å². The molecule has 2 aliphatic rings. The highest BCUT2D eigenvalue weighted by Crippen LogP contribution is 2.51. The number of carbonyl (C=O) groups is 1. The normalized spacial score (nSPS) is 28.2. The average molecular weight is 282 g/mol. The molecule has 3 nitrogen and oxygen atoms in total. The number of hydrogen-bond acceptors (Lipinski definition) is 2. The molecule has 4 heteroatoms. The predicted molar refractivity (Wildman–Crippen MR) is 81.8 cm³/mol. The highest BCUT2D eigenvalue weighted by atomic mass is 32.1. The summed E-state index contributed by atoms with van der Waals surface area (Å²) in [7, 11) is 0. The zero-order valence-electron chi connectivity index (χ0n) is 12.1. The number of hydrogen-bond donors (Lipinski definition) is 2. The minimum absolute atomic E-state index is 0.0737. The Morgan fingerprint density at radius 2 is 1.79 bits per heavy atom. The molecule has 0 spiro atoms. The average Bonchev–Trinajstić information content (AvgIpc) is 3.02. The monoisotopic (exact) mass is 282 g/mol. The van der Waals surface area contributed by atoms with Crippen LogP contribution in [-0.2, 0) is 4.79 Å². The molecule has 1 atom stereocenters. The highest BCUT2D eigenvalue weighted by molar-refractivity contribution is 7.80. The molecule has 2 saturated carbocycles. The Morgan fingerprint density at radius 3 is 2.21 bits per heavy atom. The van der Waals surface area contributed by atoms with Crippen molar-refractivity contribution in [3.8, 4) is 0 Å².